The van der Waals surface area contributed by atoms with Crippen LogP contribution in [-0.2, 0) is 9.59 Å². The summed E-state index contributed by atoms with van der Waals surface area (Å²) < 4.78 is 5.57. The van der Waals surface area contributed by atoms with Crippen molar-refractivity contribution in [3.8, 4) is 5.75 Å². The molecule has 6 nitrogen and oxygen atoms in total. The van der Waals surface area contributed by atoms with E-state index in [4.69, 9.17) is 10.5 Å². The Morgan fingerprint density at radius 1 is 1.04 bits per heavy atom. The fourth-order valence-electron chi connectivity index (χ4n) is 2.27. The molecule has 2 atom stereocenters. The monoisotopic (exact) mass is 340 g/mol. The van der Waals surface area contributed by atoms with Crippen LogP contribution in [0.25, 0.3) is 0 Å². The molecule has 0 saturated heterocycles. The zero-order valence-electron chi connectivity index (χ0n) is 14.1. The van der Waals surface area contributed by atoms with Crippen molar-refractivity contribution >= 4 is 17.6 Å². The maximum Gasteiger partial charge on any atom is 0.261 e. The van der Waals surface area contributed by atoms with Crippen molar-refractivity contribution in [2.45, 2.75) is 26.0 Å². The third-order valence-electron chi connectivity index (χ3n) is 3.63. The third kappa shape index (κ3) is 4.91. The van der Waals surface area contributed by atoms with Gasteiger partial charge in [-0.05, 0) is 31.5 Å². The highest BCUT2D eigenvalue weighted by molar-refractivity contribution is 5.94. The molecule has 0 radical (unpaired) electrons. The van der Waals surface area contributed by atoms with Crippen LogP contribution in [-0.4, -0.2) is 23.7 Å². The van der Waals surface area contributed by atoms with Crippen molar-refractivity contribution in [3.63, 3.8) is 0 Å². The molecule has 0 aliphatic rings. The van der Waals surface area contributed by atoms with E-state index in [0.717, 1.165) is 0 Å². The molecule has 0 aromatic heterocycles. The van der Waals surface area contributed by atoms with E-state index in [-0.39, 0.29) is 5.78 Å². The lowest BCUT2D eigenvalue weighted by atomic mass is 10.1. The molecule has 25 heavy (non-hydrogen) atoms. The Bertz CT molecular complexity index is 774. The lowest BCUT2D eigenvalue weighted by Gasteiger charge is -2.20. The fraction of sp³-hybridized carbons (Fsp3) is 0.211. The van der Waals surface area contributed by atoms with Crippen molar-refractivity contribution in [2.75, 3.05) is 0 Å². The van der Waals surface area contributed by atoms with Gasteiger partial charge in [0.1, 0.15) is 11.8 Å². The SMILES string of the molecule is CC(=O)c1cccc(O[C@H](C)C(=O)N[C@@H](C(N)=O)c2ccccc2)c1. The molecular formula is C19H20N2O4. The molecule has 6 heteroatoms. The topological polar surface area (TPSA) is 98.5 Å². The highest BCUT2D eigenvalue weighted by atomic mass is 16.5. The van der Waals surface area contributed by atoms with E-state index in [9.17, 15) is 14.4 Å². The first-order valence-electron chi connectivity index (χ1n) is 7.80. The molecular weight excluding hydrogens is 320 g/mol. The summed E-state index contributed by atoms with van der Waals surface area (Å²) in [4.78, 5) is 35.4. The van der Waals surface area contributed by atoms with E-state index in [1.54, 1.807) is 61.5 Å². The average molecular weight is 340 g/mol. The molecule has 0 saturated carbocycles. The van der Waals surface area contributed by atoms with Crippen LogP contribution in [0.1, 0.15) is 35.8 Å². The van der Waals surface area contributed by atoms with Crippen molar-refractivity contribution in [2.24, 2.45) is 5.73 Å². The van der Waals surface area contributed by atoms with Gasteiger partial charge in [0, 0.05) is 5.56 Å². The molecule has 0 bridgehead atoms. The van der Waals surface area contributed by atoms with Gasteiger partial charge < -0.3 is 15.8 Å². The summed E-state index contributed by atoms with van der Waals surface area (Å²) in [6.07, 6.45) is -0.868. The van der Waals surface area contributed by atoms with E-state index in [1.165, 1.54) is 6.92 Å². The van der Waals surface area contributed by atoms with Crippen LogP contribution in [0.15, 0.2) is 54.6 Å². The maximum atomic E-state index is 12.3. The molecule has 3 N–H and O–H groups in total. The second kappa shape index (κ2) is 8.10. The normalized spacial score (nSPS) is 12.7. The Labute approximate surface area is 146 Å². The van der Waals surface area contributed by atoms with Crippen molar-refractivity contribution < 1.29 is 19.1 Å². The zero-order chi connectivity index (χ0) is 18.4. The number of ether oxygens (including phenoxy) is 1. The number of hydrogen-bond donors (Lipinski definition) is 2. The first-order valence-corrected chi connectivity index (χ1v) is 7.80. The minimum absolute atomic E-state index is 0.0968. The van der Waals surface area contributed by atoms with Crippen LogP contribution in [0.4, 0.5) is 0 Å². The number of nitrogens with two attached hydrogens (primary N) is 1. The summed E-state index contributed by atoms with van der Waals surface area (Å²) in [7, 11) is 0. The molecule has 0 aliphatic heterocycles. The lowest BCUT2D eigenvalue weighted by Crippen LogP contribution is -2.43. The largest absolute Gasteiger partial charge is 0.481 e. The van der Waals surface area contributed by atoms with E-state index >= 15 is 0 Å². The lowest BCUT2D eigenvalue weighted by molar-refractivity contribution is -0.131. The van der Waals surface area contributed by atoms with Crippen LogP contribution >= 0.6 is 0 Å². The predicted molar refractivity (Wildman–Crippen MR) is 93.1 cm³/mol. The number of ketones is 1. The minimum atomic E-state index is -0.941. The smallest absolute Gasteiger partial charge is 0.261 e. The van der Waals surface area contributed by atoms with Crippen LogP contribution in [0.2, 0.25) is 0 Å². The summed E-state index contributed by atoms with van der Waals surface area (Å²) in [5.74, 6) is -0.850. The number of nitrogens with one attached hydrogen (secondary N) is 1. The third-order valence-corrected chi connectivity index (χ3v) is 3.63. The Balaban J connectivity index is 2.07. The second-order valence-corrected chi connectivity index (χ2v) is 5.60. The maximum absolute atomic E-state index is 12.3. The molecule has 130 valence electrons. The highest BCUT2D eigenvalue weighted by Crippen LogP contribution is 2.17. The fourth-order valence-corrected chi connectivity index (χ4v) is 2.27. The molecule has 2 rings (SSSR count). The number of carbonyl (C=O) groups excluding carboxylic acids is 3. The van der Waals surface area contributed by atoms with Gasteiger partial charge >= 0.3 is 0 Å². The Morgan fingerprint density at radius 2 is 1.72 bits per heavy atom. The number of rotatable bonds is 7. The van der Waals surface area contributed by atoms with Gasteiger partial charge in [-0.1, -0.05) is 42.5 Å². The number of primary amides is 1. The molecule has 0 aliphatic carbocycles. The summed E-state index contributed by atoms with van der Waals surface area (Å²) in [5, 5.41) is 2.58. The molecule has 0 spiro atoms. The Kier molecular flexibility index (Phi) is 5.89. The molecule has 2 amide bonds. The van der Waals surface area contributed by atoms with Crippen molar-refractivity contribution in [3.05, 3.63) is 65.7 Å². The summed E-state index contributed by atoms with van der Waals surface area (Å²) >= 11 is 0. The Morgan fingerprint density at radius 3 is 2.32 bits per heavy atom. The van der Waals surface area contributed by atoms with E-state index < -0.39 is 24.0 Å². The van der Waals surface area contributed by atoms with Crippen LogP contribution in [0, 0.1) is 0 Å². The highest BCUT2D eigenvalue weighted by Gasteiger charge is 2.24. The summed E-state index contributed by atoms with van der Waals surface area (Å²) in [5.41, 5.74) is 6.47. The molecule has 2 aromatic carbocycles. The van der Waals surface area contributed by atoms with Gasteiger partial charge in [0.2, 0.25) is 5.91 Å². The average Bonchev–Trinajstić information content (AvgIpc) is 2.60. The van der Waals surface area contributed by atoms with E-state index in [2.05, 4.69) is 5.32 Å². The molecule has 0 heterocycles. The van der Waals surface area contributed by atoms with Crippen molar-refractivity contribution in [1.82, 2.24) is 5.32 Å². The zero-order valence-corrected chi connectivity index (χ0v) is 14.1. The van der Waals surface area contributed by atoms with Gasteiger partial charge in [-0.3, -0.25) is 14.4 Å². The first kappa shape index (κ1) is 18.2. The molecule has 0 unspecified atom stereocenters. The second-order valence-electron chi connectivity index (χ2n) is 5.60. The Hall–Kier alpha value is -3.15. The minimum Gasteiger partial charge on any atom is -0.481 e. The molecule has 2 aromatic rings. The van der Waals surface area contributed by atoms with Crippen molar-refractivity contribution in [1.29, 1.82) is 0 Å². The predicted octanol–water partition coefficient (Wildman–Crippen LogP) is 2.00. The number of benzene rings is 2. The van der Waals surface area contributed by atoms with E-state index in [0.29, 0.717) is 16.9 Å². The number of Topliss-reactive ketones (excluding diaryl/α,β-unsaturated/α-hetero) is 1. The van der Waals surface area contributed by atoms with Crippen LogP contribution < -0.4 is 15.8 Å². The number of amides is 2. The van der Waals surface area contributed by atoms with Gasteiger partial charge in [-0.2, -0.15) is 0 Å². The van der Waals surface area contributed by atoms with Gasteiger partial charge in [0.25, 0.3) is 5.91 Å². The summed E-state index contributed by atoms with van der Waals surface area (Å²) in [6, 6.07) is 14.3. The number of hydrogen-bond acceptors (Lipinski definition) is 4. The number of carbonyl (C=O) groups is 3. The first-order chi connectivity index (χ1) is 11.9. The molecule has 0 fully saturated rings. The van der Waals surface area contributed by atoms with Crippen LogP contribution in [0.3, 0.4) is 0 Å². The van der Waals surface area contributed by atoms with Gasteiger partial charge in [-0.25, -0.2) is 0 Å². The van der Waals surface area contributed by atoms with Crippen LogP contribution in [0.5, 0.6) is 5.75 Å². The van der Waals surface area contributed by atoms with E-state index in [1.807, 2.05) is 0 Å². The van der Waals surface area contributed by atoms with Gasteiger partial charge in [0.05, 0.1) is 0 Å². The van der Waals surface area contributed by atoms with Gasteiger partial charge in [-0.15, -0.1) is 0 Å². The van der Waals surface area contributed by atoms with Gasteiger partial charge in [0.15, 0.2) is 11.9 Å². The quantitative estimate of drug-likeness (QED) is 0.753. The summed E-state index contributed by atoms with van der Waals surface area (Å²) in [6.45, 7) is 3.01. The standard InChI is InChI=1S/C19H20N2O4/c1-12(22)15-9-6-10-16(11-15)25-13(2)19(24)21-17(18(20)23)14-7-4-3-5-8-14/h3-11,13,17H,1-2H3,(H2,20,23)(H,21,24)/t13-,17-/m1/s1.